The van der Waals surface area contributed by atoms with Gasteiger partial charge in [0.05, 0.1) is 13.7 Å². The summed E-state index contributed by atoms with van der Waals surface area (Å²) in [7, 11) is 1.26. The number of rotatable bonds is 5. The zero-order valence-corrected chi connectivity index (χ0v) is 10.4. The Morgan fingerprint density at radius 3 is 2.44 bits per heavy atom. The fourth-order valence-corrected chi connectivity index (χ4v) is 1.20. The molecule has 0 aliphatic carbocycles. The van der Waals surface area contributed by atoms with Crippen LogP contribution in [0.1, 0.15) is 6.92 Å². The third-order valence-corrected chi connectivity index (χ3v) is 2.04. The van der Waals surface area contributed by atoms with Crippen molar-refractivity contribution in [2.45, 2.75) is 6.92 Å². The molecule has 0 spiro atoms. The van der Waals surface area contributed by atoms with Crippen LogP contribution in [0.2, 0.25) is 0 Å². The first kappa shape index (κ1) is 13.8. The lowest BCUT2D eigenvalue weighted by molar-refractivity contribution is -0.139. The smallest absolute Gasteiger partial charge is 0.325 e. The summed E-state index contributed by atoms with van der Waals surface area (Å²) < 4.78 is 9.67. The molecule has 2 amide bonds. The lowest BCUT2D eigenvalue weighted by Gasteiger charge is -2.07. The summed E-state index contributed by atoms with van der Waals surface area (Å²) in [5.41, 5.74) is 0.612. The van der Waals surface area contributed by atoms with Gasteiger partial charge >= 0.3 is 12.0 Å². The highest BCUT2D eigenvalue weighted by molar-refractivity contribution is 5.91. The van der Waals surface area contributed by atoms with E-state index in [1.807, 2.05) is 6.92 Å². The largest absolute Gasteiger partial charge is 0.494 e. The highest BCUT2D eigenvalue weighted by atomic mass is 16.5. The van der Waals surface area contributed by atoms with Gasteiger partial charge in [0, 0.05) is 5.69 Å². The van der Waals surface area contributed by atoms with Crippen LogP contribution in [0.5, 0.6) is 5.75 Å². The molecule has 0 radical (unpaired) electrons. The predicted molar refractivity (Wildman–Crippen MR) is 66.6 cm³/mol. The van der Waals surface area contributed by atoms with E-state index in [1.54, 1.807) is 24.3 Å². The Morgan fingerprint density at radius 1 is 1.22 bits per heavy atom. The second-order valence-corrected chi connectivity index (χ2v) is 3.34. The van der Waals surface area contributed by atoms with E-state index >= 15 is 0 Å². The second kappa shape index (κ2) is 7.16. The molecule has 0 heterocycles. The van der Waals surface area contributed by atoms with Gasteiger partial charge in [0.2, 0.25) is 0 Å². The van der Waals surface area contributed by atoms with Gasteiger partial charge in [-0.05, 0) is 31.2 Å². The van der Waals surface area contributed by atoms with Gasteiger partial charge < -0.3 is 20.1 Å². The van der Waals surface area contributed by atoms with Crippen LogP contribution in [-0.4, -0.2) is 32.3 Å². The summed E-state index contributed by atoms with van der Waals surface area (Å²) >= 11 is 0. The lowest BCUT2D eigenvalue weighted by Crippen LogP contribution is -2.33. The van der Waals surface area contributed by atoms with Gasteiger partial charge in [0.1, 0.15) is 12.3 Å². The van der Waals surface area contributed by atoms with E-state index in [2.05, 4.69) is 15.4 Å². The topological polar surface area (TPSA) is 76.7 Å². The Morgan fingerprint density at radius 2 is 1.89 bits per heavy atom. The number of amides is 2. The predicted octanol–water partition coefficient (Wildman–Crippen LogP) is 1.38. The molecule has 1 aromatic rings. The van der Waals surface area contributed by atoms with Crippen molar-refractivity contribution in [1.82, 2.24) is 5.32 Å². The highest BCUT2D eigenvalue weighted by Gasteiger charge is 2.05. The molecule has 6 heteroatoms. The van der Waals surface area contributed by atoms with Crippen LogP contribution in [-0.2, 0) is 9.53 Å². The van der Waals surface area contributed by atoms with Crippen LogP contribution in [0.25, 0.3) is 0 Å². The Balaban J connectivity index is 2.42. The molecule has 6 nitrogen and oxygen atoms in total. The first-order valence-corrected chi connectivity index (χ1v) is 5.50. The summed E-state index contributed by atoms with van der Waals surface area (Å²) in [6.45, 7) is 2.32. The zero-order valence-electron chi connectivity index (χ0n) is 10.4. The van der Waals surface area contributed by atoms with Crippen molar-refractivity contribution in [3.05, 3.63) is 24.3 Å². The highest BCUT2D eigenvalue weighted by Crippen LogP contribution is 2.15. The van der Waals surface area contributed by atoms with Crippen molar-refractivity contribution < 1.29 is 19.1 Å². The molecular formula is C12H16N2O4. The second-order valence-electron chi connectivity index (χ2n) is 3.34. The van der Waals surface area contributed by atoms with Gasteiger partial charge in [0.15, 0.2) is 0 Å². The third kappa shape index (κ3) is 4.73. The number of urea groups is 1. The monoisotopic (exact) mass is 252 g/mol. The summed E-state index contributed by atoms with van der Waals surface area (Å²) in [6.07, 6.45) is 0. The van der Waals surface area contributed by atoms with E-state index in [4.69, 9.17) is 4.74 Å². The van der Waals surface area contributed by atoms with E-state index < -0.39 is 12.0 Å². The number of hydrogen-bond donors (Lipinski definition) is 2. The van der Waals surface area contributed by atoms with E-state index in [1.165, 1.54) is 7.11 Å². The Bertz CT molecular complexity index is 403. The van der Waals surface area contributed by atoms with Crippen LogP contribution in [0.15, 0.2) is 24.3 Å². The van der Waals surface area contributed by atoms with Gasteiger partial charge in [-0.15, -0.1) is 0 Å². The number of ether oxygens (including phenoxy) is 2. The minimum atomic E-state index is -0.503. The van der Waals surface area contributed by atoms with Crippen LogP contribution >= 0.6 is 0 Å². The van der Waals surface area contributed by atoms with Crippen LogP contribution in [0, 0.1) is 0 Å². The van der Waals surface area contributed by atoms with Crippen molar-refractivity contribution in [1.29, 1.82) is 0 Å². The molecule has 18 heavy (non-hydrogen) atoms. The molecule has 1 rings (SSSR count). The average molecular weight is 252 g/mol. The quantitative estimate of drug-likeness (QED) is 0.776. The van der Waals surface area contributed by atoms with E-state index in [9.17, 15) is 9.59 Å². The SMILES string of the molecule is CCOc1ccc(NC(=O)NCC(=O)OC)cc1. The normalized spacial score (nSPS) is 9.44. The van der Waals surface area contributed by atoms with Gasteiger partial charge in [0.25, 0.3) is 0 Å². The number of esters is 1. The average Bonchev–Trinajstić information content (AvgIpc) is 2.38. The number of carbonyl (C=O) groups excluding carboxylic acids is 2. The molecule has 2 N–H and O–H groups in total. The molecule has 0 aliphatic heterocycles. The molecule has 98 valence electrons. The maximum absolute atomic E-state index is 11.4. The number of nitrogens with one attached hydrogen (secondary N) is 2. The number of hydrogen-bond acceptors (Lipinski definition) is 4. The van der Waals surface area contributed by atoms with Crippen molar-refractivity contribution in [2.24, 2.45) is 0 Å². The van der Waals surface area contributed by atoms with Gasteiger partial charge in [-0.3, -0.25) is 4.79 Å². The Kier molecular flexibility index (Phi) is 5.50. The first-order valence-electron chi connectivity index (χ1n) is 5.50. The summed E-state index contributed by atoms with van der Waals surface area (Å²) in [5.74, 6) is 0.231. The minimum Gasteiger partial charge on any atom is -0.494 e. The van der Waals surface area contributed by atoms with Crippen molar-refractivity contribution in [3.8, 4) is 5.75 Å². The molecule has 1 aromatic carbocycles. The van der Waals surface area contributed by atoms with Gasteiger partial charge in [-0.1, -0.05) is 0 Å². The summed E-state index contributed by atoms with van der Waals surface area (Å²) in [5, 5.41) is 4.94. The van der Waals surface area contributed by atoms with Crippen LogP contribution < -0.4 is 15.4 Å². The molecule has 0 saturated heterocycles. The third-order valence-electron chi connectivity index (χ3n) is 2.04. The first-order chi connectivity index (χ1) is 8.65. The maximum Gasteiger partial charge on any atom is 0.325 e. The van der Waals surface area contributed by atoms with Gasteiger partial charge in [-0.25, -0.2) is 4.79 Å². The zero-order chi connectivity index (χ0) is 13.4. The van der Waals surface area contributed by atoms with Crippen LogP contribution in [0.4, 0.5) is 10.5 Å². The van der Waals surface area contributed by atoms with E-state index in [-0.39, 0.29) is 6.54 Å². The minimum absolute atomic E-state index is 0.167. The lowest BCUT2D eigenvalue weighted by atomic mass is 10.3. The van der Waals surface area contributed by atoms with E-state index in [0.717, 1.165) is 5.75 Å². The molecule has 0 aromatic heterocycles. The number of methoxy groups -OCH3 is 1. The Hall–Kier alpha value is -2.24. The van der Waals surface area contributed by atoms with Crippen molar-refractivity contribution >= 4 is 17.7 Å². The molecular weight excluding hydrogens is 236 g/mol. The molecule has 0 fully saturated rings. The number of anilines is 1. The number of carbonyl (C=O) groups is 2. The fraction of sp³-hybridized carbons (Fsp3) is 0.333. The van der Waals surface area contributed by atoms with E-state index in [0.29, 0.717) is 12.3 Å². The standard InChI is InChI=1S/C12H16N2O4/c1-3-18-10-6-4-9(5-7-10)14-12(16)13-8-11(15)17-2/h4-7H,3,8H2,1-2H3,(H2,13,14,16). The molecule has 0 saturated carbocycles. The molecule has 0 unspecified atom stereocenters. The Labute approximate surface area is 105 Å². The summed E-state index contributed by atoms with van der Waals surface area (Å²) in [4.78, 5) is 22.2. The molecule has 0 atom stereocenters. The molecule has 0 aliphatic rings. The molecule has 0 bridgehead atoms. The summed E-state index contributed by atoms with van der Waals surface area (Å²) in [6, 6.07) is 6.45. The van der Waals surface area contributed by atoms with Crippen LogP contribution in [0.3, 0.4) is 0 Å². The van der Waals surface area contributed by atoms with Crippen molar-refractivity contribution in [3.63, 3.8) is 0 Å². The number of benzene rings is 1. The van der Waals surface area contributed by atoms with Crippen molar-refractivity contribution in [2.75, 3.05) is 25.6 Å². The maximum atomic E-state index is 11.4. The fourth-order valence-electron chi connectivity index (χ4n) is 1.20. The van der Waals surface area contributed by atoms with Gasteiger partial charge in [-0.2, -0.15) is 0 Å².